The summed E-state index contributed by atoms with van der Waals surface area (Å²) < 4.78 is 5.97. The molecule has 3 aliphatic rings. The molecule has 27 heavy (non-hydrogen) atoms. The van der Waals surface area contributed by atoms with E-state index in [-0.39, 0.29) is 33.6 Å². The largest absolute Gasteiger partial charge is 0.489 e. The van der Waals surface area contributed by atoms with E-state index in [0.717, 1.165) is 6.54 Å². The second kappa shape index (κ2) is 6.69. The molecular weight excluding hydrogens is 389 g/mol. The van der Waals surface area contributed by atoms with Gasteiger partial charge in [0, 0.05) is 31.7 Å². The van der Waals surface area contributed by atoms with E-state index >= 15 is 0 Å². The molecule has 1 aromatic heterocycles. The topological polar surface area (TPSA) is 81.5 Å². The number of carbonyl (C=O) groups is 1. The number of amides is 1. The quantitative estimate of drug-likeness (QED) is 0.716. The predicted molar refractivity (Wildman–Crippen MR) is 103 cm³/mol. The summed E-state index contributed by atoms with van der Waals surface area (Å²) in [5, 5.41) is 12.9. The minimum Gasteiger partial charge on any atom is -0.489 e. The third-order valence-electron chi connectivity index (χ3n) is 5.60. The van der Waals surface area contributed by atoms with Gasteiger partial charge in [-0.05, 0) is 20.3 Å². The first-order valence-electron chi connectivity index (χ1n) is 9.04. The molecule has 3 aliphatic heterocycles. The van der Waals surface area contributed by atoms with Crippen LogP contribution in [0.15, 0.2) is 0 Å². The Hall–Kier alpha value is -1.75. The van der Waals surface area contributed by atoms with Gasteiger partial charge in [0.25, 0.3) is 5.91 Å². The summed E-state index contributed by atoms with van der Waals surface area (Å²) in [4.78, 5) is 21.7. The first-order chi connectivity index (χ1) is 12.8. The number of aromatic nitrogens is 1. The summed E-state index contributed by atoms with van der Waals surface area (Å²) in [7, 11) is 0. The molecule has 1 N–H and O–H groups in total. The number of ether oxygens (including phenoxy) is 1. The standard InChI is InChI=1S/C18H21Cl2N5O2/c1-18(2)5-10(6-21)8-25(18)16-12-14(13(19)15(20)23-16)27-9-11-7-22-3-4-24(11)17(12)26/h10-11,22H,3-5,7-9H2,1-2H3/t10?,11-/m1/s1. The van der Waals surface area contributed by atoms with Crippen LogP contribution in [0.2, 0.25) is 10.2 Å². The van der Waals surface area contributed by atoms with Gasteiger partial charge in [-0.3, -0.25) is 4.79 Å². The van der Waals surface area contributed by atoms with Crippen molar-refractivity contribution in [1.82, 2.24) is 15.2 Å². The number of pyridine rings is 1. The van der Waals surface area contributed by atoms with Crippen LogP contribution in [-0.4, -0.2) is 60.2 Å². The number of nitriles is 1. The maximum absolute atomic E-state index is 13.5. The van der Waals surface area contributed by atoms with Gasteiger partial charge >= 0.3 is 0 Å². The van der Waals surface area contributed by atoms with Gasteiger partial charge in [-0.1, -0.05) is 23.2 Å². The van der Waals surface area contributed by atoms with Crippen LogP contribution in [0.4, 0.5) is 5.82 Å². The Morgan fingerprint density at radius 1 is 1.41 bits per heavy atom. The van der Waals surface area contributed by atoms with Gasteiger partial charge in [0.1, 0.15) is 23.0 Å². The van der Waals surface area contributed by atoms with Crippen molar-refractivity contribution < 1.29 is 9.53 Å². The molecule has 2 fully saturated rings. The minimum atomic E-state index is -0.340. The highest BCUT2D eigenvalue weighted by atomic mass is 35.5. The van der Waals surface area contributed by atoms with Crippen LogP contribution < -0.4 is 15.0 Å². The normalized spacial score (nSPS) is 26.7. The number of rotatable bonds is 1. The number of fused-ring (bicyclic) bond motifs is 2. The van der Waals surface area contributed by atoms with Crippen LogP contribution in [0.25, 0.3) is 0 Å². The Labute approximate surface area is 168 Å². The van der Waals surface area contributed by atoms with Crippen molar-refractivity contribution in [2.45, 2.75) is 31.8 Å². The summed E-state index contributed by atoms with van der Waals surface area (Å²) in [5.74, 6) is 0.459. The molecule has 4 heterocycles. The van der Waals surface area contributed by atoms with Crippen molar-refractivity contribution in [2.75, 3.05) is 37.7 Å². The van der Waals surface area contributed by atoms with Crippen LogP contribution in [0.5, 0.6) is 5.75 Å². The zero-order valence-corrected chi connectivity index (χ0v) is 16.8. The predicted octanol–water partition coefficient (Wildman–Crippen LogP) is 2.32. The van der Waals surface area contributed by atoms with E-state index < -0.39 is 0 Å². The van der Waals surface area contributed by atoms with Gasteiger partial charge in [0.2, 0.25) is 0 Å². The molecule has 0 aliphatic carbocycles. The molecular formula is C18H21Cl2N5O2. The number of hydrogen-bond donors (Lipinski definition) is 1. The van der Waals surface area contributed by atoms with Crippen molar-refractivity contribution in [3.05, 3.63) is 15.7 Å². The SMILES string of the molecule is CC1(C)CC(C#N)CN1c1nc(Cl)c(Cl)c2c1C(=O)N1CCNC[C@@H]1CO2. The molecule has 0 aromatic carbocycles. The Balaban J connectivity index is 1.87. The molecule has 0 bridgehead atoms. The smallest absolute Gasteiger partial charge is 0.261 e. The molecule has 1 unspecified atom stereocenters. The van der Waals surface area contributed by atoms with E-state index in [1.165, 1.54) is 0 Å². The highest BCUT2D eigenvalue weighted by molar-refractivity contribution is 6.42. The fourth-order valence-electron chi connectivity index (χ4n) is 4.23. The van der Waals surface area contributed by atoms with Crippen molar-refractivity contribution >= 4 is 34.9 Å². The molecule has 4 rings (SSSR count). The Bertz CT molecular complexity index is 838. The maximum atomic E-state index is 13.5. The van der Waals surface area contributed by atoms with Gasteiger partial charge in [0.05, 0.1) is 18.0 Å². The van der Waals surface area contributed by atoms with E-state index in [0.29, 0.717) is 49.8 Å². The van der Waals surface area contributed by atoms with Crippen LogP contribution in [0.1, 0.15) is 30.6 Å². The molecule has 1 aromatic rings. The van der Waals surface area contributed by atoms with Crippen LogP contribution in [0.3, 0.4) is 0 Å². The first-order valence-corrected chi connectivity index (χ1v) is 9.80. The van der Waals surface area contributed by atoms with Crippen molar-refractivity contribution in [1.29, 1.82) is 5.26 Å². The van der Waals surface area contributed by atoms with Crippen LogP contribution in [0, 0.1) is 17.2 Å². The number of piperazine rings is 1. The lowest BCUT2D eigenvalue weighted by Crippen LogP contribution is -2.55. The monoisotopic (exact) mass is 409 g/mol. The van der Waals surface area contributed by atoms with E-state index in [9.17, 15) is 10.1 Å². The number of carbonyl (C=O) groups excluding carboxylic acids is 1. The van der Waals surface area contributed by atoms with E-state index in [1.807, 2.05) is 23.6 Å². The summed E-state index contributed by atoms with van der Waals surface area (Å²) in [6.07, 6.45) is 0.686. The van der Waals surface area contributed by atoms with Crippen molar-refractivity contribution in [3.63, 3.8) is 0 Å². The van der Waals surface area contributed by atoms with Crippen LogP contribution in [-0.2, 0) is 0 Å². The summed E-state index contributed by atoms with van der Waals surface area (Å²) in [6, 6.07) is 2.26. The molecule has 7 nitrogen and oxygen atoms in total. The Kier molecular flexibility index (Phi) is 4.61. The molecule has 1 amide bonds. The fourth-order valence-corrected chi connectivity index (χ4v) is 4.59. The lowest BCUT2D eigenvalue weighted by Gasteiger charge is -2.36. The van der Waals surface area contributed by atoms with Gasteiger partial charge in [-0.2, -0.15) is 5.26 Å². The fraction of sp³-hybridized carbons (Fsp3) is 0.611. The molecule has 0 radical (unpaired) electrons. The van der Waals surface area contributed by atoms with Crippen LogP contribution >= 0.6 is 23.2 Å². The zero-order chi connectivity index (χ0) is 19.3. The Morgan fingerprint density at radius 3 is 2.89 bits per heavy atom. The number of anilines is 1. The molecule has 9 heteroatoms. The average molecular weight is 410 g/mol. The van der Waals surface area contributed by atoms with Crippen molar-refractivity contribution in [2.24, 2.45) is 5.92 Å². The van der Waals surface area contributed by atoms with E-state index in [1.54, 1.807) is 0 Å². The molecule has 2 atom stereocenters. The first kappa shape index (κ1) is 18.6. The third kappa shape index (κ3) is 3.00. The molecule has 144 valence electrons. The second-order valence-corrected chi connectivity index (χ2v) is 8.60. The lowest BCUT2D eigenvalue weighted by molar-refractivity contribution is 0.0606. The molecule has 0 saturated carbocycles. The number of nitrogens with one attached hydrogen (secondary N) is 1. The molecule has 0 spiro atoms. The lowest BCUT2D eigenvalue weighted by atomic mass is 9.97. The number of nitrogens with zero attached hydrogens (tertiary/aromatic N) is 4. The van der Waals surface area contributed by atoms with E-state index in [4.69, 9.17) is 27.9 Å². The maximum Gasteiger partial charge on any atom is 0.261 e. The highest BCUT2D eigenvalue weighted by Gasteiger charge is 2.44. The summed E-state index contributed by atoms with van der Waals surface area (Å²) in [5.41, 5.74) is 0.00813. The van der Waals surface area contributed by atoms with Crippen molar-refractivity contribution in [3.8, 4) is 11.8 Å². The van der Waals surface area contributed by atoms with E-state index in [2.05, 4.69) is 16.4 Å². The number of hydrogen-bond acceptors (Lipinski definition) is 6. The zero-order valence-electron chi connectivity index (χ0n) is 15.3. The average Bonchev–Trinajstić information content (AvgIpc) is 2.87. The van der Waals surface area contributed by atoms with Gasteiger partial charge in [-0.25, -0.2) is 4.98 Å². The van der Waals surface area contributed by atoms with Gasteiger partial charge < -0.3 is 19.9 Å². The summed E-state index contributed by atoms with van der Waals surface area (Å²) >= 11 is 12.7. The van der Waals surface area contributed by atoms with Gasteiger partial charge in [-0.15, -0.1) is 0 Å². The highest BCUT2D eigenvalue weighted by Crippen LogP contribution is 2.45. The number of halogens is 2. The Morgan fingerprint density at radius 2 is 2.19 bits per heavy atom. The second-order valence-electron chi connectivity index (χ2n) is 7.87. The third-order valence-corrected chi connectivity index (χ3v) is 6.32. The van der Waals surface area contributed by atoms with Gasteiger partial charge in [0.15, 0.2) is 10.9 Å². The molecule has 2 saturated heterocycles. The summed E-state index contributed by atoms with van der Waals surface area (Å²) in [6.45, 7) is 6.89. The minimum absolute atomic E-state index is 0.0696.